The second-order valence-electron chi connectivity index (χ2n) is 4.59. The van der Waals surface area contributed by atoms with E-state index in [1.54, 1.807) is 7.11 Å². The second kappa shape index (κ2) is 7.32. The van der Waals surface area contributed by atoms with Gasteiger partial charge in [0.15, 0.2) is 0 Å². The predicted molar refractivity (Wildman–Crippen MR) is 80.2 cm³/mol. The van der Waals surface area contributed by atoms with Crippen LogP contribution >= 0.6 is 0 Å². The van der Waals surface area contributed by atoms with Crippen LogP contribution in [-0.2, 0) is 24.3 Å². The zero-order valence-corrected chi connectivity index (χ0v) is 11.6. The number of methoxy groups -OCH3 is 1. The molecule has 0 amide bonds. The maximum absolute atomic E-state index is 8.64. The van der Waals surface area contributed by atoms with E-state index in [-0.39, 0.29) is 0 Å². The Kier molecular flexibility index (Phi) is 5.16. The molecule has 0 aliphatic carbocycles. The highest BCUT2D eigenvalue weighted by molar-refractivity contribution is 5.46. The summed E-state index contributed by atoms with van der Waals surface area (Å²) in [5, 5.41) is 12.0. The highest BCUT2D eigenvalue weighted by atomic mass is 16.5. The van der Waals surface area contributed by atoms with Crippen LogP contribution in [0.3, 0.4) is 0 Å². The predicted octanol–water partition coefficient (Wildman–Crippen LogP) is 3.51. The number of ether oxygens (including phenoxy) is 1. The van der Waals surface area contributed by atoms with Crippen molar-refractivity contribution in [3.8, 4) is 6.07 Å². The summed E-state index contributed by atoms with van der Waals surface area (Å²) < 4.78 is 5.20. The van der Waals surface area contributed by atoms with E-state index in [1.165, 1.54) is 11.1 Å². The van der Waals surface area contributed by atoms with E-state index in [2.05, 4.69) is 23.5 Å². The van der Waals surface area contributed by atoms with Crippen molar-refractivity contribution in [1.82, 2.24) is 0 Å². The zero-order chi connectivity index (χ0) is 14.2. The lowest BCUT2D eigenvalue weighted by molar-refractivity contribution is 0.184. The van der Waals surface area contributed by atoms with E-state index in [4.69, 9.17) is 10.00 Å². The monoisotopic (exact) mass is 266 g/mol. The van der Waals surface area contributed by atoms with Crippen LogP contribution < -0.4 is 5.32 Å². The first-order valence-electron chi connectivity index (χ1n) is 6.59. The molecule has 1 N–H and O–H groups in total. The van der Waals surface area contributed by atoms with Crippen LogP contribution in [0.25, 0.3) is 0 Å². The Bertz CT molecular complexity index is 585. The number of nitrogens with one attached hydrogen (secondary N) is 1. The number of nitrogens with zero attached hydrogens (tertiary/aromatic N) is 1. The summed E-state index contributed by atoms with van der Waals surface area (Å²) >= 11 is 0. The molecule has 0 aromatic heterocycles. The van der Waals surface area contributed by atoms with Gasteiger partial charge in [-0.3, -0.25) is 0 Å². The first kappa shape index (κ1) is 14.1. The Morgan fingerprint density at radius 3 is 2.40 bits per heavy atom. The number of rotatable bonds is 6. The van der Waals surface area contributed by atoms with Gasteiger partial charge in [-0.1, -0.05) is 36.4 Å². The molecule has 102 valence electrons. The highest BCUT2D eigenvalue weighted by Crippen LogP contribution is 2.14. The van der Waals surface area contributed by atoms with E-state index < -0.39 is 0 Å². The van der Waals surface area contributed by atoms with Gasteiger partial charge in [-0.25, -0.2) is 0 Å². The first-order chi connectivity index (χ1) is 9.83. The molecule has 0 fully saturated rings. The lowest BCUT2D eigenvalue weighted by Gasteiger charge is -2.11. The molecule has 0 atom stereocenters. The molecule has 20 heavy (non-hydrogen) atoms. The molecule has 0 heterocycles. The summed E-state index contributed by atoms with van der Waals surface area (Å²) in [7, 11) is 1.71. The van der Waals surface area contributed by atoms with Crippen molar-refractivity contribution in [3.05, 3.63) is 65.2 Å². The molecule has 3 nitrogen and oxygen atoms in total. The largest absolute Gasteiger partial charge is 0.381 e. The fourth-order valence-electron chi connectivity index (χ4n) is 2.06. The van der Waals surface area contributed by atoms with E-state index >= 15 is 0 Å². The van der Waals surface area contributed by atoms with Gasteiger partial charge in [0.1, 0.15) is 0 Å². The van der Waals surface area contributed by atoms with Crippen molar-refractivity contribution in [2.45, 2.75) is 19.6 Å². The molecular weight excluding hydrogens is 248 g/mol. The number of nitriles is 1. The fraction of sp³-hybridized carbons (Fsp3) is 0.235. The van der Waals surface area contributed by atoms with Crippen LogP contribution in [0.4, 0.5) is 5.69 Å². The maximum Gasteiger partial charge on any atom is 0.0716 e. The Morgan fingerprint density at radius 2 is 1.75 bits per heavy atom. The molecule has 0 aliphatic rings. The molecule has 2 rings (SSSR count). The molecule has 0 spiro atoms. The SMILES string of the molecule is COCc1ccccc1CNc1ccc(CC#N)cc1. The molecule has 2 aromatic rings. The van der Waals surface area contributed by atoms with Crippen molar-refractivity contribution in [1.29, 1.82) is 5.26 Å². The van der Waals surface area contributed by atoms with Crippen molar-refractivity contribution < 1.29 is 4.74 Å². The van der Waals surface area contributed by atoms with Gasteiger partial charge in [0.25, 0.3) is 0 Å². The van der Waals surface area contributed by atoms with Crippen LogP contribution in [0.2, 0.25) is 0 Å². The highest BCUT2D eigenvalue weighted by Gasteiger charge is 2.01. The average Bonchev–Trinajstić information content (AvgIpc) is 2.48. The number of hydrogen-bond acceptors (Lipinski definition) is 3. The average molecular weight is 266 g/mol. The fourth-order valence-corrected chi connectivity index (χ4v) is 2.06. The summed E-state index contributed by atoms with van der Waals surface area (Å²) in [6.45, 7) is 1.39. The lowest BCUT2D eigenvalue weighted by Crippen LogP contribution is -2.03. The molecule has 3 heteroatoms. The molecular formula is C17H18N2O. The minimum atomic E-state index is 0.455. The van der Waals surface area contributed by atoms with Gasteiger partial charge < -0.3 is 10.1 Å². The van der Waals surface area contributed by atoms with Crippen LogP contribution in [0, 0.1) is 11.3 Å². The summed E-state index contributed by atoms with van der Waals surface area (Å²) in [6, 6.07) is 18.4. The van der Waals surface area contributed by atoms with Gasteiger partial charge in [-0.2, -0.15) is 5.26 Å². The van der Waals surface area contributed by atoms with Crippen molar-refractivity contribution >= 4 is 5.69 Å². The Hall–Kier alpha value is -2.31. The summed E-state index contributed by atoms with van der Waals surface area (Å²) in [5.41, 5.74) is 4.52. The molecule has 0 radical (unpaired) electrons. The van der Waals surface area contributed by atoms with Gasteiger partial charge in [-0.05, 0) is 28.8 Å². The van der Waals surface area contributed by atoms with E-state index in [0.29, 0.717) is 13.0 Å². The van der Waals surface area contributed by atoms with Gasteiger partial charge in [0.05, 0.1) is 19.1 Å². The van der Waals surface area contributed by atoms with Crippen LogP contribution in [0.1, 0.15) is 16.7 Å². The van der Waals surface area contributed by atoms with Crippen LogP contribution in [0.5, 0.6) is 0 Å². The summed E-state index contributed by atoms with van der Waals surface area (Å²) in [4.78, 5) is 0. The number of benzene rings is 2. The standard InChI is InChI=1S/C17H18N2O/c1-20-13-16-5-3-2-4-15(16)12-19-17-8-6-14(7-9-17)10-11-18/h2-9,19H,10,12-13H2,1H3. The molecule has 0 saturated heterocycles. The molecule has 2 aromatic carbocycles. The third kappa shape index (κ3) is 3.84. The molecule has 0 unspecified atom stereocenters. The maximum atomic E-state index is 8.64. The number of hydrogen-bond donors (Lipinski definition) is 1. The lowest BCUT2D eigenvalue weighted by atomic mass is 10.1. The Morgan fingerprint density at radius 1 is 1.05 bits per heavy atom. The third-order valence-corrected chi connectivity index (χ3v) is 3.14. The summed E-state index contributed by atoms with van der Waals surface area (Å²) in [6.07, 6.45) is 0.455. The minimum Gasteiger partial charge on any atom is -0.381 e. The normalized spacial score (nSPS) is 10.0. The second-order valence-corrected chi connectivity index (χ2v) is 4.59. The number of anilines is 1. The zero-order valence-electron chi connectivity index (χ0n) is 11.6. The Balaban J connectivity index is 2.00. The van der Waals surface area contributed by atoms with Gasteiger partial charge in [0, 0.05) is 19.3 Å². The van der Waals surface area contributed by atoms with Crippen molar-refractivity contribution in [2.75, 3.05) is 12.4 Å². The van der Waals surface area contributed by atoms with Crippen molar-refractivity contribution in [3.63, 3.8) is 0 Å². The molecule has 0 aliphatic heterocycles. The summed E-state index contributed by atoms with van der Waals surface area (Å²) in [5.74, 6) is 0. The van der Waals surface area contributed by atoms with Gasteiger partial charge in [0.2, 0.25) is 0 Å². The van der Waals surface area contributed by atoms with Crippen LogP contribution in [-0.4, -0.2) is 7.11 Å². The van der Waals surface area contributed by atoms with Gasteiger partial charge >= 0.3 is 0 Å². The van der Waals surface area contributed by atoms with Gasteiger partial charge in [-0.15, -0.1) is 0 Å². The smallest absolute Gasteiger partial charge is 0.0716 e. The van der Waals surface area contributed by atoms with E-state index in [9.17, 15) is 0 Å². The molecule has 0 saturated carbocycles. The van der Waals surface area contributed by atoms with Crippen LogP contribution in [0.15, 0.2) is 48.5 Å². The quantitative estimate of drug-likeness (QED) is 0.870. The van der Waals surface area contributed by atoms with E-state index in [0.717, 1.165) is 17.8 Å². The van der Waals surface area contributed by atoms with E-state index in [1.807, 2.05) is 36.4 Å². The third-order valence-electron chi connectivity index (χ3n) is 3.14. The van der Waals surface area contributed by atoms with Crippen molar-refractivity contribution in [2.24, 2.45) is 0 Å². The Labute approximate surface area is 119 Å². The molecule has 0 bridgehead atoms. The first-order valence-corrected chi connectivity index (χ1v) is 6.59. The topological polar surface area (TPSA) is 45.0 Å². The minimum absolute atomic E-state index is 0.455.